The summed E-state index contributed by atoms with van der Waals surface area (Å²) in [5, 5.41) is 33.6. The Kier molecular flexibility index (Phi) is 9.86. The second-order valence-corrected chi connectivity index (χ2v) is 8.79. The second kappa shape index (κ2) is 12.6. The summed E-state index contributed by atoms with van der Waals surface area (Å²) in [5.41, 5.74) is 0.897. The maximum absolute atomic E-state index is 12.4. The molecule has 0 spiro atoms. The van der Waals surface area contributed by atoms with Gasteiger partial charge in [-0.05, 0) is 50.1 Å². The molecule has 0 saturated carbocycles. The summed E-state index contributed by atoms with van der Waals surface area (Å²) < 4.78 is 5.67. The van der Waals surface area contributed by atoms with E-state index < -0.39 is 24.6 Å². The molecule has 0 radical (unpaired) electrons. The van der Waals surface area contributed by atoms with Gasteiger partial charge in [0.2, 0.25) is 5.91 Å². The number of hydrogen-bond acceptors (Lipinski definition) is 6. The van der Waals surface area contributed by atoms with E-state index in [-0.39, 0.29) is 30.8 Å². The van der Waals surface area contributed by atoms with Gasteiger partial charge in [-0.25, -0.2) is 0 Å². The van der Waals surface area contributed by atoms with Gasteiger partial charge in [0.1, 0.15) is 17.4 Å². The Bertz CT molecular complexity index is 1040. The highest BCUT2D eigenvalue weighted by molar-refractivity contribution is 6.41. The van der Waals surface area contributed by atoms with E-state index in [0.717, 1.165) is 5.56 Å². The van der Waals surface area contributed by atoms with E-state index in [4.69, 9.17) is 4.74 Å². The van der Waals surface area contributed by atoms with Crippen molar-refractivity contribution in [1.82, 2.24) is 10.6 Å². The monoisotopic (exact) mass is 463 g/mol. The molecule has 0 aliphatic carbocycles. The first kappa shape index (κ1) is 26.6. The highest BCUT2D eigenvalue weighted by Gasteiger charge is 2.21. The highest BCUT2D eigenvalue weighted by Crippen LogP contribution is 2.19. The largest absolute Gasteiger partial charge is 0.493 e. The predicted molar refractivity (Wildman–Crippen MR) is 130 cm³/mol. The molecule has 0 unspecified atom stereocenters. The lowest BCUT2D eigenvalue weighted by Gasteiger charge is -2.20. The SMILES string of the molecule is CC(C)(C)NC(=O)C(C#N)=Cc1cccc(OCCC(=O)N[C@@H](CB(O)O)c2ccccc2)c1. The third-order valence-corrected chi connectivity index (χ3v) is 4.60. The summed E-state index contributed by atoms with van der Waals surface area (Å²) in [6, 6.07) is 17.3. The van der Waals surface area contributed by atoms with Crippen LogP contribution in [0, 0.1) is 11.3 Å². The molecule has 0 fully saturated rings. The summed E-state index contributed by atoms with van der Waals surface area (Å²) in [6.07, 6.45) is 1.50. The van der Waals surface area contributed by atoms with Crippen LogP contribution in [0.15, 0.2) is 60.2 Å². The average Bonchev–Trinajstić information content (AvgIpc) is 2.76. The maximum atomic E-state index is 12.4. The first-order valence-electron chi connectivity index (χ1n) is 10.9. The second-order valence-electron chi connectivity index (χ2n) is 8.79. The van der Waals surface area contributed by atoms with E-state index in [9.17, 15) is 24.9 Å². The van der Waals surface area contributed by atoms with Gasteiger partial charge in [-0.1, -0.05) is 42.5 Å². The van der Waals surface area contributed by atoms with E-state index in [1.54, 1.807) is 36.4 Å². The molecule has 9 heteroatoms. The van der Waals surface area contributed by atoms with Crippen molar-refractivity contribution in [3.8, 4) is 11.8 Å². The lowest BCUT2D eigenvalue weighted by atomic mass is 9.79. The van der Waals surface area contributed by atoms with Gasteiger partial charge in [-0.2, -0.15) is 5.26 Å². The Morgan fingerprint density at radius 1 is 1.15 bits per heavy atom. The number of nitrogens with one attached hydrogen (secondary N) is 2. The Morgan fingerprint density at radius 2 is 1.85 bits per heavy atom. The third-order valence-electron chi connectivity index (χ3n) is 4.60. The summed E-state index contributed by atoms with van der Waals surface area (Å²) in [7, 11) is -1.55. The standard InChI is InChI=1S/C25H30BN3O5/c1-25(2,3)29-24(31)20(17-27)14-18-8-7-11-21(15-18)34-13-12-23(30)28-22(16-26(32)33)19-9-5-4-6-10-19/h4-11,14-15,22,32-33H,12-13,16H2,1-3H3,(H,28,30)(H,29,31)/t22-/m0/s1. The molecule has 34 heavy (non-hydrogen) atoms. The maximum Gasteiger partial charge on any atom is 0.453 e. The van der Waals surface area contributed by atoms with Gasteiger partial charge in [-0.3, -0.25) is 9.59 Å². The molecule has 4 N–H and O–H groups in total. The van der Waals surface area contributed by atoms with Crippen LogP contribution in [0.2, 0.25) is 6.32 Å². The minimum atomic E-state index is -1.55. The van der Waals surface area contributed by atoms with Crippen LogP contribution in [-0.2, 0) is 9.59 Å². The molecule has 0 bridgehead atoms. The molecule has 0 saturated heterocycles. The van der Waals surface area contributed by atoms with Crippen LogP contribution < -0.4 is 15.4 Å². The molecule has 2 rings (SSSR count). The molecular weight excluding hydrogens is 433 g/mol. The number of benzene rings is 2. The number of rotatable bonds is 10. The third kappa shape index (κ3) is 9.49. The first-order chi connectivity index (χ1) is 16.1. The molecule has 178 valence electrons. The van der Waals surface area contributed by atoms with E-state index in [0.29, 0.717) is 11.3 Å². The fourth-order valence-electron chi connectivity index (χ4n) is 3.12. The van der Waals surface area contributed by atoms with E-state index in [2.05, 4.69) is 10.6 Å². The van der Waals surface area contributed by atoms with Gasteiger partial charge < -0.3 is 25.4 Å². The number of ether oxygens (including phenoxy) is 1. The summed E-state index contributed by atoms with van der Waals surface area (Å²) in [5.74, 6) is -0.268. The van der Waals surface area contributed by atoms with Crippen molar-refractivity contribution >= 4 is 25.0 Å². The Morgan fingerprint density at radius 3 is 2.47 bits per heavy atom. The van der Waals surface area contributed by atoms with Gasteiger partial charge in [0.25, 0.3) is 5.91 Å². The highest BCUT2D eigenvalue weighted by atomic mass is 16.5. The van der Waals surface area contributed by atoms with Crippen molar-refractivity contribution in [3.05, 3.63) is 71.3 Å². The van der Waals surface area contributed by atoms with Crippen LogP contribution in [0.3, 0.4) is 0 Å². The van der Waals surface area contributed by atoms with Gasteiger partial charge in [0.05, 0.1) is 19.1 Å². The van der Waals surface area contributed by atoms with Crippen molar-refractivity contribution < 1.29 is 24.4 Å². The minimum absolute atomic E-state index is 0.0236. The zero-order chi connectivity index (χ0) is 25.1. The number of nitriles is 1. The van der Waals surface area contributed by atoms with Crippen LogP contribution in [0.25, 0.3) is 6.08 Å². The summed E-state index contributed by atoms with van der Waals surface area (Å²) in [6.45, 7) is 5.59. The molecule has 0 aliphatic rings. The van der Waals surface area contributed by atoms with Crippen LogP contribution in [0.4, 0.5) is 0 Å². The van der Waals surface area contributed by atoms with Crippen LogP contribution >= 0.6 is 0 Å². The quantitative estimate of drug-likeness (QED) is 0.243. The molecule has 0 aliphatic heterocycles. The minimum Gasteiger partial charge on any atom is -0.493 e. The van der Waals surface area contributed by atoms with Crippen LogP contribution in [0.5, 0.6) is 5.75 Å². The van der Waals surface area contributed by atoms with Gasteiger partial charge >= 0.3 is 7.12 Å². The van der Waals surface area contributed by atoms with Crippen LogP contribution in [0.1, 0.15) is 44.4 Å². The van der Waals surface area contributed by atoms with Crippen molar-refractivity contribution in [1.29, 1.82) is 5.26 Å². The number of amides is 2. The predicted octanol–water partition coefficient (Wildman–Crippen LogP) is 2.61. The van der Waals surface area contributed by atoms with E-state index in [1.807, 2.05) is 45.0 Å². The van der Waals surface area contributed by atoms with Crippen LogP contribution in [-0.4, -0.2) is 41.1 Å². The van der Waals surface area contributed by atoms with Gasteiger partial charge in [0.15, 0.2) is 0 Å². The molecular formula is C25H30BN3O5. The fraction of sp³-hybridized carbons (Fsp3) is 0.320. The summed E-state index contributed by atoms with van der Waals surface area (Å²) in [4.78, 5) is 24.7. The van der Waals surface area contributed by atoms with Crippen molar-refractivity contribution in [2.75, 3.05) is 6.61 Å². The van der Waals surface area contributed by atoms with Gasteiger partial charge in [0, 0.05) is 11.9 Å². The first-order valence-corrected chi connectivity index (χ1v) is 10.9. The number of carbonyl (C=O) groups is 2. The van der Waals surface area contributed by atoms with Crippen molar-refractivity contribution in [2.45, 2.75) is 45.1 Å². The molecule has 0 heterocycles. The molecule has 2 aromatic carbocycles. The zero-order valence-electron chi connectivity index (χ0n) is 19.6. The molecule has 1 atom stereocenters. The average molecular weight is 463 g/mol. The Balaban J connectivity index is 1.96. The Labute approximate surface area is 200 Å². The smallest absolute Gasteiger partial charge is 0.453 e. The van der Waals surface area contributed by atoms with Gasteiger partial charge in [-0.15, -0.1) is 0 Å². The number of nitrogens with zero attached hydrogens (tertiary/aromatic N) is 1. The zero-order valence-corrected chi connectivity index (χ0v) is 19.6. The molecule has 8 nitrogen and oxygen atoms in total. The molecule has 2 amide bonds. The summed E-state index contributed by atoms with van der Waals surface area (Å²) >= 11 is 0. The lowest BCUT2D eigenvalue weighted by molar-refractivity contribution is -0.122. The van der Waals surface area contributed by atoms with Crippen molar-refractivity contribution in [2.24, 2.45) is 0 Å². The normalized spacial score (nSPS) is 12.3. The number of carbonyl (C=O) groups excluding carboxylic acids is 2. The van der Waals surface area contributed by atoms with Crippen molar-refractivity contribution in [3.63, 3.8) is 0 Å². The lowest BCUT2D eigenvalue weighted by Crippen LogP contribution is -2.41. The molecule has 2 aromatic rings. The van der Waals surface area contributed by atoms with E-state index in [1.165, 1.54) is 6.08 Å². The van der Waals surface area contributed by atoms with E-state index >= 15 is 0 Å². The molecule has 0 aromatic heterocycles. The fourth-order valence-corrected chi connectivity index (χ4v) is 3.12. The number of hydrogen-bond donors (Lipinski definition) is 4. The Hall–Kier alpha value is -3.61. The topological polar surface area (TPSA) is 132 Å².